The minimum Gasteiger partial charge on any atom is -0.406 e. The number of aromatic nitrogens is 3. The van der Waals surface area contributed by atoms with Gasteiger partial charge in [0.25, 0.3) is 0 Å². The van der Waals surface area contributed by atoms with Crippen LogP contribution >= 0.6 is 0 Å². The number of nitrogens with one attached hydrogen (secondary N) is 1. The first-order valence-electron chi connectivity index (χ1n) is 7.40. The maximum Gasteiger partial charge on any atom is 0.573 e. The summed E-state index contributed by atoms with van der Waals surface area (Å²) in [7, 11) is 0. The second kappa shape index (κ2) is 5.73. The second-order valence-corrected chi connectivity index (χ2v) is 5.45. The van der Waals surface area contributed by atoms with Gasteiger partial charge in [0.1, 0.15) is 23.2 Å². The van der Waals surface area contributed by atoms with Gasteiger partial charge in [-0.1, -0.05) is 36.4 Å². The van der Waals surface area contributed by atoms with Gasteiger partial charge in [0.2, 0.25) is 0 Å². The minimum absolute atomic E-state index is 0.0235. The van der Waals surface area contributed by atoms with Gasteiger partial charge in [-0.05, 0) is 23.3 Å². The molecular weight excluding hydrogens is 333 g/mol. The predicted molar refractivity (Wildman–Crippen MR) is 85.2 cm³/mol. The number of H-pyrrole nitrogens is 1. The molecular formula is C17H11F3N4O. The average Bonchev–Trinajstić information content (AvgIpc) is 3.31. The Morgan fingerprint density at radius 1 is 0.920 bits per heavy atom. The smallest absolute Gasteiger partial charge is 0.406 e. The van der Waals surface area contributed by atoms with E-state index in [4.69, 9.17) is 0 Å². The molecule has 3 aromatic rings. The molecule has 25 heavy (non-hydrogen) atoms. The van der Waals surface area contributed by atoms with Crippen molar-refractivity contribution in [1.29, 1.82) is 0 Å². The maximum absolute atomic E-state index is 12.3. The topological polar surface area (TPSA) is 63.2 Å². The minimum atomic E-state index is -4.71. The first-order chi connectivity index (χ1) is 12.0. The summed E-state index contributed by atoms with van der Waals surface area (Å²) in [5, 5.41) is 10.8. The molecule has 0 spiro atoms. The van der Waals surface area contributed by atoms with Crippen molar-refractivity contribution in [3.05, 3.63) is 54.2 Å². The normalized spacial score (nSPS) is 16.0. The van der Waals surface area contributed by atoms with E-state index in [1.165, 1.54) is 18.2 Å². The summed E-state index contributed by atoms with van der Waals surface area (Å²) < 4.78 is 41.0. The van der Waals surface area contributed by atoms with Crippen LogP contribution in [0.15, 0.2) is 53.5 Å². The molecule has 1 aliphatic heterocycles. The molecule has 126 valence electrons. The molecule has 0 radical (unpaired) electrons. The highest BCUT2D eigenvalue weighted by molar-refractivity contribution is 5.82. The van der Waals surface area contributed by atoms with Crippen LogP contribution in [0.1, 0.15) is 11.7 Å². The van der Waals surface area contributed by atoms with E-state index >= 15 is 0 Å². The molecule has 2 aromatic carbocycles. The van der Waals surface area contributed by atoms with Gasteiger partial charge in [-0.25, -0.2) is 0 Å². The zero-order valence-corrected chi connectivity index (χ0v) is 12.7. The van der Waals surface area contributed by atoms with Crippen LogP contribution in [-0.4, -0.2) is 28.0 Å². The van der Waals surface area contributed by atoms with Gasteiger partial charge in [-0.15, -0.1) is 13.2 Å². The fourth-order valence-corrected chi connectivity index (χ4v) is 2.54. The zero-order chi connectivity index (χ0) is 17.4. The fourth-order valence-electron chi connectivity index (χ4n) is 2.54. The number of benzene rings is 2. The van der Waals surface area contributed by atoms with E-state index in [9.17, 15) is 13.2 Å². The lowest BCUT2D eigenvalue weighted by Crippen LogP contribution is -2.17. The Kier molecular flexibility index (Phi) is 3.52. The van der Waals surface area contributed by atoms with Gasteiger partial charge in [-0.3, -0.25) is 4.99 Å². The van der Waals surface area contributed by atoms with Crippen molar-refractivity contribution in [1.82, 2.24) is 15.4 Å². The van der Waals surface area contributed by atoms with Gasteiger partial charge in [0, 0.05) is 11.8 Å². The lowest BCUT2D eigenvalue weighted by atomic mass is 10.0. The zero-order valence-electron chi connectivity index (χ0n) is 12.7. The van der Waals surface area contributed by atoms with Crippen LogP contribution in [0.5, 0.6) is 5.75 Å². The van der Waals surface area contributed by atoms with E-state index in [0.29, 0.717) is 11.3 Å². The summed E-state index contributed by atoms with van der Waals surface area (Å²) in [5.41, 5.74) is 3.71. The largest absolute Gasteiger partial charge is 0.573 e. The number of alkyl halides is 3. The molecule has 1 unspecified atom stereocenters. The molecule has 1 atom stereocenters. The van der Waals surface area contributed by atoms with E-state index in [2.05, 4.69) is 25.1 Å². The summed E-state index contributed by atoms with van der Waals surface area (Å²) in [5.74, 6) is -0.251. The van der Waals surface area contributed by atoms with Crippen LogP contribution in [0.25, 0.3) is 22.4 Å². The van der Waals surface area contributed by atoms with Crippen LogP contribution in [-0.2, 0) is 0 Å². The maximum atomic E-state index is 12.3. The molecule has 0 amide bonds. The standard InChI is InChI=1S/C17H11F3N4O/c18-17(19,20)25-13-3-1-2-12(8-13)10-4-6-11(7-5-10)15-16(14-9-21-14)23-24-22-15/h1-9,14H,(H,22,23,24). The highest BCUT2D eigenvalue weighted by Crippen LogP contribution is 2.32. The number of rotatable bonds is 4. The first kappa shape index (κ1) is 15.4. The van der Waals surface area contributed by atoms with Crippen molar-refractivity contribution in [2.45, 2.75) is 12.4 Å². The van der Waals surface area contributed by atoms with Crippen molar-refractivity contribution in [2.24, 2.45) is 4.99 Å². The van der Waals surface area contributed by atoms with E-state index in [1.54, 1.807) is 12.3 Å². The van der Waals surface area contributed by atoms with Crippen molar-refractivity contribution in [3.8, 4) is 28.1 Å². The van der Waals surface area contributed by atoms with E-state index in [0.717, 1.165) is 16.8 Å². The third kappa shape index (κ3) is 3.37. The number of aliphatic imine (C=N–C) groups is 1. The van der Waals surface area contributed by atoms with Gasteiger partial charge < -0.3 is 4.74 Å². The molecule has 0 saturated heterocycles. The molecule has 0 aliphatic carbocycles. The van der Waals surface area contributed by atoms with E-state index in [1.807, 2.05) is 24.3 Å². The van der Waals surface area contributed by atoms with Crippen LogP contribution in [0, 0.1) is 0 Å². The lowest BCUT2D eigenvalue weighted by molar-refractivity contribution is -0.274. The Morgan fingerprint density at radius 3 is 2.32 bits per heavy atom. The molecule has 1 N–H and O–H groups in total. The Bertz CT molecular complexity index is 926. The molecule has 0 fully saturated rings. The molecule has 1 aromatic heterocycles. The van der Waals surface area contributed by atoms with Crippen LogP contribution in [0.3, 0.4) is 0 Å². The number of hydrogen-bond acceptors (Lipinski definition) is 4. The highest BCUT2D eigenvalue weighted by atomic mass is 19.4. The molecule has 5 nitrogen and oxygen atoms in total. The Morgan fingerprint density at radius 2 is 1.64 bits per heavy atom. The summed E-state index contributed by atoms with van der Waals surface area (Å²) in [4.78, 5) is 4.08. The van der Waals surface area contributed by atoms with Gasteiger partial charge >= 0.3 is 6.36 Å². The average molecular weight is 344 g/mol. The summed E-state index contributed by atoms with van der Waals surface area (Å²) in [6.07, 6.45) is -2.93. The lowest BCUT2D eigenvalue weighted by Gasteiger charge is -2.10. The predicted octanol–water partition coefficient (Wildman–Crippen LogP) is 4.16. The quantitative estimate of drug-likeness (QED) is 0.773. The van der Waals surface area contributed by atoms with Crippen molar-refractivity contribution >= 4 is 6.21 Å². The third-order valence-electron chi connectivity index (χ3n) is 3.71. The molecule has 2 heterocycles. The number of halogens is 3. The third-order valence-corrected chi connectivity index (χ3v) is 3.71. The SMILES string of the molecule is FC(F)(F)Oc1cccc(-c2ccc(-c3n[nH]nc3C3C=N3)cc2)c1. The van der Waals surface area contributed by atoms with Crippen LogP contribution in [0.4, 0.5) is 13.2 Å². The van der Waals surface area contributed by atoms with Gasteiger partial charge in [0.15, 0.2) is 0 Å². The number of aromatic amines is 1. The summed E-state index contributed by atoms with van der Waals surface area (Å²) in [6, 6.07) is 13.1. The van der Waals surface area contributed by atoms with Gasteiger partial charge in [0.05, 0.1) is 0 Å². The summed E-state index contributed by atoms with van der Waals surface area (Å²) in [6.45, 7) is 0. The number of ether oxygens (including phenoxy) is 1. The van der Waals surface area contributed by atoms with E-state index < -0.39 is 6.36 Å². The summed E-state index contributed by atoms with van der Waals surface area (Å²) >= 11 is 0. The Labute approximate surface area is 140 Å². The molecule has 1 aliphatic rings. The van der Waals surface area contributed by atoms with Gasteiger partial charge in [-0.2, -0.15) is 15.4 Å². The van der Waals surface area contributed by atoms with Crippen LogP contribution in [0.2, 0.25) is 0 Å². The van der Waals surface area contributed by atoms with Crippen LogP contribution < -0.4 is 4.74 Å². The first-order valence-corrected chi connectivity index (χ1v) is 7.40. The Hall–Kier alpha value is -3.16. The molecule has 0 bridgehead atoms. The highest BCUT2D eigenvalue weighted by Gasteiger charge is 2.31. The molecule has 0 saturated carbocycles. The van der Waals surface area contributed by atoms with Crippen molar-refractivity contribution in [3.63, 3.8) is 0 Å². The monoisotopic (exact) mass is 344 g/mol. The number of nitrogens with zero attached hydrogens (tertiary/aromatic N) is 3. The Balaban J connectivity index is 1.60. The second-order valence-electron chi connectivity index (χ2n) is 5.45. The van der Waals surface area contributed by atoms with Crippen molar-refractivity contribution in [2.75, 3.05) is 0 Å². The number of hydrogen-bond donors (Lipinski definition) is 1. The van der Waals surface area contributed by atoms with Crippen molar-refractivity contribution < 1.29 is 17.9 Å². The fraction of sp³-hybridized carbons (Fsp3) is 0.118. The molecule has 8 heteroatoms. The van der Waals surface area contributed by atoms with E-state index in [-0.39, 0.29) is 11.8 Å². The molecule has 4 rings (SSSR count).